The van der Waals surface area contributed by atoms with Crippen LogP contribution in [-0.4, -0.2) is 40.4 Å². The Kier molecular flexibility index (Phi) is 8.39. The van der Waals surface area contributed by atoms with Crippen molar-refractivity contribution in [2.45, 2.75) is 26.9 Å². The van der Waals surface area contributed by atoms with Crippen molar-refractivity contribution in [2.24, 2.45) is 5.73 Å². The van der Waals surface area contributed by atoms with Crippen molar-refractivity contribution in [1.29, 1.82) is 5.41 Å². The van der Waals surface area contributed by atoms with E-state index in [1.54, 1.807) is 43.3 Å². The summed E-state index contributed by atoms with van der Waals surface area (Å²) in [5.41, 5.74) is 13.7. The largest absolute Gasteiger partial charge is 0.462 e. The number of anilines is 2. The number of nitrogens with one attached hydrogen (secondary N) is 3. The van der Waals surface area contributed by atoms with Crippen LogP contribution in [0.2, 0.25) is 0 Å². The molecular weight excluding hydrogens is 462 g/mol. The second-order valence-corrected chi connectivity index (χ2v) is 7.87. The van der Waals surface area contributed by atoms with Crippen LogP contribution in [0.4, 0.5) is 11.5 Å². The van der Waals surface area contributed by atoms with E-state index in [-0.39, 0.29) is 36.9 Å². The zero-order valence-electron chi connectivity index (χ0n) is 20.1. The Morgan fingerprint density at radius 1 is 1.11 bits per heavy atom. The van der Waals surface area contributed by atoms with Crippen LogP contribution in [0.1, 0.15) is 35.3 Å². The van der Waals surface area contributed by atoms with Gasteiger partial charge in [0.2, 0.25) is 5.91 Å². The summed E-state index contributed by atoms with van der Waals surface area (Å²) in [4.78, 5) is 42.5. The van der Waals surface area contributed by atoms with Crippen molar-refractivity contribution < 1.29 is 14.3 Å². The van der Waals surface area contributed by atoms with Crippen LogP contribution in [-0.2, 0) is 22.6 Å². The zero-order chi connectivity index (χ0) is 26.2. The number of nitrogens with two attached hydrogens (primary N) is 2. The molecule has 188 valence electrons. The number of rotatable bonds is 10. The molecule has 1 aromatic heterocycles. The summed E-state index contributed by atoms with van der Waals surface area (Å²) < 4.78 is 6.35. The summed E-state index contributed by atoms with van der Waals surface area (Å²) in [6.45, 7) is 4.12. The Hall–Kier alpha value is -4.67. The second-order valence-electron chi connectivity index (χ2n) is 7.87. The maximum Gasteiger partial charge on any atom is 0.338 e. The van der Waals surface area contributed by atoms with Crippen molar-refractivity contribution >= 4 is 29.2 Å². The molecule has 0 unspecified atom stereocenters. The molecule has 3 aromatic rings. The first kappa shape index (κ1) is 25.9. The fourth-order valence-corrected chi connectivity index (χ4v) is 3.50. The standard InChI is InChI=1S/C25H29N7O4/c1-3-29-23-24(34)32(14-21(33)30-12-15-5-7-16(8-6-15)22(27)28)20(13-31-23)17-9-18(11-19(26)10-17)25(35)36-4-2/h5-11,13H,3-4,12,14,26H2,1-2H3,(H3,27,28)(H,29,31)(H,30,33). The third-order valence-corrected chi connectivity index (χ3v) is 5.22. The summed E-state index contributed by atoms with van der Waals surface area (Å²) in [6.07, 6.45) is 1.46. The quantitative estimate of drug-likeness (QED) is 0.123. The number of aromatic nitrogens is 2. The van der Waals surface area contributed by atoms with E-state index in [0.29, 0.717) is 29.1 Å². The summed E-state index contributed by atoms with van der Waals surface area (Å²) in [5, 5.41) is 13.1. The Labute approximate surface area is 208 Å². The normalized spacial score (nSPS) is 10.5. The third-order valence-electron chi connectivity index (χ3n) is 5.22. The van der Waals surface area contributed by atoms with Gasteiger partial charge in [0, 0.05) is 29.9 Å². The highest BCUT2D eigenvalue weighted by Crippen LogP contribution is 2.24. The number of amidine groups is 1. The first-order valence-corrected chi connectivity index (χ1v) is 11.3. The van der Waals surface area contributed by atoms with E-state index >= 15 is 0 Å². The molecule has 11 heteroatoms. The van der Waals surface area contributed by atoms with Crippen LogP contribution < -0.4 is 27.7 Å². The number of ether oxygens (including phenoxy) is 1. The summed E-state index contributed by atoms with van der Waals surface area (Å²) in [7, 11) is 0. The van der Waals surface area contributed by atoms with Gasteiger partial charge in [-0.15, -0.1) is 0 Å². The van der Waals surface area contributed by atoms with Gasteiger partial charge in [0.15, 0.2) is 5.82 Å². The monoisotopic (exact) mass is 491 g/mol. The third kappa shape index (κ3) is 6.26. The van der Waals surface area contributed by atoms with Crippen molar-refractivity contribution in [1.82, 2.24) is 14.9 Å². The van der Waals surface area contributed by atoms with E-state index in [2.05, 4.69) is 15.6 Å². The van der Waals surface area contributed by atoms with Crippen molar-refractivity contribution in [3.8, 4) is 11.3 Å². The molecule has 0 saturated heterocycles. The number of hydrogen-bond acceptors (Lipinski definition) is 8. The number of esters is 1. The molecule has 36 heavy (non-hydrogen) atoms. The van der Waals surface area contributed by atoms with E-state index < -0.39 is 17.4 Å². The van der Waals surface area contributed by atoms with Gasteiger partial charge in [-0.2, -0.15) is 0 Å². The summed E-state index contributed by atoms with van der Waals surface area (Å²) in [6, 6.07) is 11.5. The van der Waals surface area contributed by atoms with Gasteiger partial charge in [-0.05, 0) is 37.6 Å². The second kappa shape index (κ2) is 11.6. The molecule has 3 rings (SSSR count). The van der Waals surface area contributed by atoms with Crippen LogP contribution in [0.5, 0.6) is 0 Å². The van der Waals surface area contributed by atoms with E-state index in [0.717, 1.165) is 5.56 Å². The van der Waals surface area contributed by atoms with Gasteiger partial charge in [0.1, 0.15) is 12.4 Å². The van der Waals surface area contributed by atoms with Gasteiger partial charge in [0.05, 0.1) is 24.1 Å². The molecule has 0 bridgehead atoms. The van der Waals surface area contributed by atoms with Crippen LogP contribution in [0.15, 0.2) is 53.5 Å². The predicted octanol–water partition coefficient (Wildman–Crippen LogP) is 1.70. The van der Waals surface area contributed by atoms with E-state index in [4.69, 9.17) is 21.6 Å². The highest BCUT2D eigenvalue weighted by molar-refractivity contribution is 5.95. The van der Waals surface area contributed by atoms with Crippen LogP contribution >= 0.6 is 0 Å². The summed E-state index contributed by atoms with van der Waals surface area (Å²) in [5.74, 6) is -0.898. The van der Waals surface area contributed by atoms with Crippen molar-refractivity contribution in [3.05, 3.63) is 75.7 Å². The molecule has 2 aromatic carbocycles. The number of carbonyl (C=O) groups is 2. The minimum atomic E-state index is -0.550. The van der Waals surface area contributed by atoms with Crippen LogP contribution in [0, 0.1) is 5.41 Å². The number of hydrogen-bond donors (Lipinski definition) is 5. The molecule has 0 spiro atoms. The lowest BCUT2D eigenvalue weighted by atomic mass is 10.1. The lowest BCUT2D eigenvalue weighted by Crippen LogP contribution is -2.34. The van der Waals surface area contributed by atoms with Crippen LogP contribution in [0.25, 0.3) is 11.3 Å². The lowest BCUT2D eigenvalue weighted by molar-refractivity contribution is -0.121. The minimum Gasteiger partial charge on any atom is -0.462 e. The fraction of sp³-hybridized carbons (Fsp3) is 0.240. The minimum absolute atomic E-state index is 0.0423. The molecule has 0 fully saturated rings. The fourth-order valence-electron chi connectivity index (χ4n) is 3.50. The SMILES string of the molecule is CCNc1ncc(-c2cc(N)cc(C(=O)OCC)c2)n(CC(=O)NCc2ccc(C(=N)N)cc2)c1=O. The lowest BCUT2D eigenvalue weighted by Gasteiger charge is -2.16. The molecule has 0 radical (unpaired) electrons. The molecule has 0 atom stereocenters. The van der Waals surface area contributed by atoms with Crippen LogP contribution in [0.3, 0.4) is 0 Å². The molecule has 11 nitrogen and oxygen atoms in total. The highest BCUT2D eigenvalue weighted by Gasteiger charge is 2.17. The average Bonchev–Trinajstić information content (AvgIpc) is 2.85. The first-order valence-electron chi connectivity index (χ1n) is 11.3. The molecular formula is C25H29N7O4. The maximum absolute atomic E-state index is 13.2. The van der Waals surface area contributed by atoms with Gasteiger partial charge in [-0.25, -0.2) is 9.78 Å². The molecule has 0 aliphatic carbocycles. The highest BCUT2D eigenvalue weighted by atomic mass is 16.5. The number of benzene rings is 2. The Balaban J connectivity index is 1.91. The first-order chi connectivity index (χ1) is 17.2. The number of amides is 1. The van der Waals surface area contributed by atoms with Gasteiger partial charge in [-0.3, -0.25) is 19.6 Å². The molecule has 0 saturated carbocycles. The van der Waals surface area contributed by atoms with E-state index in [1.807, 2.05) is 6.92 Å². The molecule has 0 aliphatic heterocycles. The number of nitrogen functional groups attached to an aromatic ring is 2. The molecule has 7 N–H and O–H groups in total. The number of nitrogens with zero attached hydrogens (tertiary/aromatic N) is 2. The number of carbonyl (C=O) groups excluding carboxylic acids is 2. The van der Waals surface area contributed by atoms with Crippen molar-refractivity contribution in [3.63, 3.8) is 0 Å². The van der Waals surface area contributed by atoms with Gasteiger partial charge in [-0.1, -0.05) is 24.3 Å². The van der Waals surface area contributed by atoms with E-state index in [9.17, 15) is 14.4 Å². The van der Waals surface area contributed by atoms with Gasteiger partial charge < -0.3 is 26.8 Å². The topological polar surface area (TPSA) is 178 Å². The van der Waals surface area contributed by atoms with E-state index in [1.165, 1.54) is 16.8 Å². The van der Waals surface area contributed by atoms with Gasteiger partial charge >= 0.3 is 5.97 Å². The van der Waals surface area contributed by atoms with Crippen molar-refractivity contribution in [2.75, 3.05) is 24.2 Å². The zero-order valence-corrected chi connectivity index (χ0v) is 20.1. The summed E-state index contributed by atoms with van der Waals surface area (Å²) >= 11 is 0. The predicted molar refractivity (Wildman–Crippen MR) is 138 cm³/mol. The molecule has 1 heterocycles. The Morgan fingerprint density at radius 3 is 2.47 bits per heavy atom. The average molecular weight is 492 g/mol. The Morgan fingerprint density at radius 2 is 1.83 bits per heavy atom. The molecule has 1 amide bonds. The Bertz CT molecular complexity index is 1330. The molecule has 0 aliphatic rings. The van der Waals surface area contributed by atoms with Gasteiger partial charge in [0.25, 0.3) is 5.56 Å². The smallest absolute Gasteiger partial charge is 0.338 e. The maximum atomic E-state index is 13.2.